The smallest absolute Gasteiger partial charge is 0.257 e. The zero-order valence-electron chi connectivity index (χ0n) is 13.3. The van der Waals surface area contributed by atoms with Crippen LogP contribution >= 0.6 is 0 Å². The Kier molecular flexibility index (Phi) is 4.42. The number of carbonyl (C=O) groups is 1. The molecule has 0 aromatic heterocycles. The van der Waals surface area contributed by atoms with Crippen LogP contribution < -0.4 is 10.5 Å². The number of hydrogen-bond donors (Lipinski definition) is 1. The quantitative estimate of drug-likeness (QED) is 0.845. The van der Waals surface area contributed by atoms with E-state index in [-0.39, 0.29) is 11.4 Å². The molecule has 1 heterocycles. The number of amides is 1. The molecule has 0 spiro atoms. The minimum absolute atomic E-state index is 0.0143. The Morgan fingerprint density at radius 1 is 1.19 bits per heavy atom. The number of rotatable bonds is 2. The molecule has 0 atom stereocenters. The standard InChI is InChI=1S/C16H25N3O2/c1-16(2,3)19-9-7-18(8-10-19)15(20)13-6-5-12(17)11-14(13)21-4/h5-6,11H,7-10,17H2,1-4H3. The fraction of sp³-hybridized carbons (Fsp3) is 0.562. The maximum atomic E-state index is 12.6. The van der Waals surface area contributed by atoms with Crippen LogP contribution in [0.4, 0.5) is 5.69 Å². The molecule has 1 aliphatic heterocycles. The van der Waals surface area contributed by atoms with Crippen LogP contribution in [0, 0.1) is 0 Å². The molecule has 116 valence electrons. The van der Waals surface area contributed by atoms with Gasteiger partial charge in [0.1, 0.15) is 5.75 Å². The van der Waals surface area contributed by atoms with Gasteiger partial charge in [-0.25, -0.2) is 0 Å². The third-order valence-corrected chi connectivity index (χ3v) is 3.97. The van der Waals surface area contributed by atoms with Gasteiger partial charge >= 0.3 is 0 Å². The topological polar surface area (TPSA) is 58.8 Å². The Morgan fingerprint density at radius 2 is 1.81 bits per heavy atom. The predicted molar refractivity (Wildman–Crippen MR) is 84.6 cm³/mol. The minimum Gasteiger partial charge on any atom is -0.496 e. The molecule has 0 aliphatic carbocycles. The highest BCUT2D eigenvalue weighted by atomic mass is 16.5. The largest absolute Gasteiger partial charge is 0.496 e. The second-order valence-corrected chi connectivity index (χ2v) is 6.41. The van der Waals surface area contributed by atoms with Crippen LogP contribution in [0.3, 0.4) is 0 Å². The number of methoxy groups -OCH3 is 1. The number of nitrogens with zero attached hydrogens (tertiary/aromatic N) is 2. The van der Waals surface area contributed by atoms with E-state index < -0.39 is 0 Å². The van der Waals surface area contributed by atoms with Crippen molar-refractivity contribution in [2.75, 3.05) is 39.0 Å². The van der Waals surface area contributed by atoms with Gasteiger partial charge in [-0.2, -0.15) is 0 Å². The number of anilines is 1. The van der Waals surface area contributed by atoms with Crippen LogP contribution in [0.2, 0.25) is 0 Å². The molecular formula is C16H25N3O2. The Bertz CT molecular complexity index is 515. The van der Waals surface area contributed by atoms with Crippen LogP contribution in [0.5, 0.6) is 5.75 Å². The summed E-state index contributed by atoms with van der Waals surface area (Å²) in [5.74, 6) is 0.554. The van der Waals surface area contributed by atoms with E-state index >= 15 is 0 Å². The molecule has 5 heteroatoms. The molecule has 0 bridgehead atoms. The van der Waals surface area contributed by atoms with Crippen molar-refractivity contribution >= 4 is 11.6 Å². The van der Waals surface area contributed by atoms with Gasteiger partial charge in [0, 0.05) is 43.5 Å². The lowest BCUT2D eigenvalue weighted by Crippen LogP contribution is -2.54. The molecule has 0 saturated carbocycles. The zero-order chi connectivity index (χ0) is 15.6. The van der Waals surface area contributed by atoms with Crippen molar-refractivity contribution in [1.29, 1.82) is 0 Å². The molecule has 1 fully saturated rings. The first kappa shape index (κ1) is 15.6. The first-order chi connectivity index (χ1) is 9.82. The Hall–Kier alpha value is -1.75. The van der Waals surface area contributed by atoms with Crippen molar-refractivity contribution in [2.24, 2.45) is 0 Å². The van der Waals surface area contributed by atoms with Crippen molar-refractivity contribution in [3.05, 3.63) is 23.8 Å². The van der Waals surface area contributed by atoms with E-state index in [9.17, 15) is 4.79 Å². The van der Waals surface area contributed by atoms with Crippen molar-refractivity contribution < 1.29 is 9.53 Å². The van der Waals surface area contributed by atoms with Crippen molar-refractivity contribution in [1.82, 2.24) is 9.80 Å². The van der Waals surface area contributed by atoms with Gasteiger partial charge in [-0.05, 0) is 32.9 Å². The van der Waals surface area contributed by atoms with Gasteiger partial charge in [0.25, 0.3) is 5.91 Å². The van der Waals surface area contributed by atoms with E-state index in [0.717, 1.165) is 26.2 Å². The Morgan fingerprint density at radius 3 is 2.33 bits per heavy atom. The van der Waals surface area contributed by atoms with E-state index in [4.69, 9.17) is 10.5 Å². The molecule has 1 aliphatic rings. The van der Waals surface area contributed by atoms with Crippen molar-refractivity contribution in [3.63, 3.8) is 0 Å². The number of nitrogen functional groups attached to an aromatic ring is 1. The lowest BCUT2D eigenvalue weighted by atomic mass is 10.0. The zero-order valence-corrected chi connectivity index (χ0v) is 13.3. The third kappa shape index (κ3) is 3.47. The minimum atomic E-state index is 0.0143. The fourth-order valence-electron chi connectivity index (χ4n) is 2.64. The SMILES string of the molecule is COc1cc(N)ccc1C(=O)N1CCN(C(C)(C)C)CC1. The Balaban J connectivity index is 2.09. The Labute approximate surface area is 126 Å². The van der Waals surface area contributed by atoms with Gasteiger partial charge in [0.05, 0.1) is 12.7 Å². The molecule has 0 unspecified atom stereocenters. The van der Waals surface area contributed by atoms with Crippen LogP contribution in [0.1, 0.15) is 31.1 Å². The summed E-state index contributed by atoms with van der Waals surface area (Å²) in [6, 6.07) is 5.17. The first-order valence-electron chi connectivity index (χ1n) is 7.31. The maximum absolute atomic E-state index is 12.6. The van der Waals surface area contributed by atoms with E-state index in [1.54, 1.807) is 25.3 Å². The number of nitrogens with two attached hydrogens (primary N) is 1. The van der Waals surface area contributed by atoms with Gasteiger partial charge in [-0.15, -0.1) is 0 Å². The summed E-state index contributed by atoms with van der Waals surface area (Å²) >= 11 is 0. The summed E-state index contributed by atoms with van der Waals surface area (Å²) in [6.45, 7) is 9.88. The molecule has 2 N–H and O–H groups in total. The average Bonchev–Trinajstić information content (AvgIpc) is 2.45. The third-order valence-electron chi connectivity index (χ3n) is 3.97. The molecule has 1 aromatic carbocycles. The van der Waals surface area contributed by atoms with Gasteiger partial charge in [0.2, 0.25) is 0 Å². The molecule has 1 amide bonds. The molecule has 2 rings (SSSR count). The van der Waals surface area contributed by atoms with Crippen LogP contribution in [-0.2, 0) is 0 Å². The second-order valence-electron chi connectivity index (χ2n) is 6.41. The number of benzene rings is 1. The summed E-state index contributed by atoms with van der Waals surface area (Å²) < 4.78 is 5.28. The predicted octanol–water partition coefficient (Wildman–Crippen LogP) is 1.83. The van der Waals surface area contributed by atoms with Crippen molar-refractivity contribution in [3.8, 4) is 5.75 Å². The maximum Gasteiger partial charge on any atom is 0.257 e. The first-order valence-corrected chi connectivity index (χ1v) is 7.31. The lowest BCUT2D eigenvalue weighted by molar-refractivity contribution is 0.0449. The molecule has 0 radical (unpaired) electrons. The van der Waals surface area contributed by atoms with Gasteiger partial charge in [-0.1, -0.05) is 0 Å². The van der Waals surface area contributed by atoms with Gasteiger partial charge < -0.3 is 15.4 Å². The fourth-order valence-corrected chi connectivity index (χ4v) is 2.64. The summed E-state index contributed by atoms with van der Waals surface area (Å²) in [6.07, 6.45) is 0. The molecular weight excluding hydrogens is 266 g/mol. The highest BCUT2D eigenvalue weighted by Crippen LogP contribution is 2.24. The average molecular weight is 291 g/mol. The van der Waals surface area contributed by atoms with Gasteiger partial charge in [0.15, 0.2) is 0 Å². The monoisotopic (exact) mass is 291 g/mol. The number of carbonyl (C=O) groups excluding carboxylic acids is 1. The van der Waals surface area contributed by atoms with Crippen LogP contribution in [0.15, 0.2) is 18.2 Å². The summed E-state index contributed by atoms with van der Waals surface area (Å²) in [4.78, 5) is 16.9. The number of piperazine rings is 1. The van der Waals surface area contributed by atoms with Crippen LogP contribution in [-0.4, -0.2) is 54.5 Å². The molecule has 5 nitrogen and oxygen atoms in total. The number of ether oxygens (including phenoxy) is 1. The molecule has 1 saturated heterocycles. The lowest BCUT2D eigenvalue weighted by Gasteiger charge is -2.42. The summed E-state index contributed by atoms with van der Waals surface area (Å²) in [7, 11) is 1.56. The van der Waals surface area contributed by atoms with Crippen molar-refractivity contribution in [2.45, 2.75) is 26.3 Å². The van der Waals surface area contributed by atoms with E-state index in [0.29, 0.717) is 17.0 Å². The second kappa shape index (κ2) is 5.93. The number of hydrogen-bond acceptors (Lipinski definition) is 4. The van der Waals surface area contributed by atoms with E-state index in [1.807, 2.05) is 4.90 Å². The highest BCUT2D eigenvalue weighted by molar-refractivity contribution is 5.97. The normalized spacial score (nSPS) is 16.9. The summed E-state index contributed by atoms with van der Waals surface area (Å²) in [5.41, 5.74) is 7.06. The van der Waals surface area contributed by atoms with Gasteiger partial charge in [-0.3, -0.25) is 9.69 Å². The highest BCUT2D eigenvalue weighted by Gasteiger charge is 2.29. The molecule has 21 heavy (non-hydrogen) atoms. The van der Waals surface area contributed by atoms with Crippen LogP contribution in [0.25, 0.3) is 0 Å². The van der Waals surface area contributed by atoms with E-state index in [1.165, 1.54) is 0 Å². The molecule has 1 aromatic rings. The van der Waals surface area contributed by atoms with E-state index in [2.05, 4.69) is 25.7 Å². The summed E-state index contributed by atoms with van der Waals surface area (Å²) in [5, 5.41) is 0.